The highest BCUT2D eigenvalue weighted by Gasteiger charge is 2.18. The van der Waals surface area contributed by atoms with Crippen LogP contribution in [0.25, 0.3) is 0 Å². The third-order valence-corrected chi connectivity index (χ3v) is 2.73. The second-order valence-electron chi connectivity index (χ2n) is 4.37. The number of hydrogen-bond donors (Lipinski definition) is 3. The van der Waals surface area contributed by atoms with E-state index in [1.165, 1.54) is 0 Å². The molecular weight excluding hydrogens is 232 g/mol. The molecule has 6 nitrogen and oxygen atoms in total. The molecule has 0 spiro atoms. The van der Waals surface area contributed by atoms with Crippen molar-refractivity contribution in [3.8, 4) is 0 Å². The Balaban J connectivity index is 2.61. The van der Waals surface area contributed by atoms with Crippen molar-refractivity contribution in [1.82, 2.24) is 15.5 Å². The van der Waals surface area contributed by atoms with Gasteiger partial charge in [-0.15, -0.1) is 0 Å². The van der Waals surface area contributed by atoms with Crippen LogP contribution in [0, 0.1) is 0 Å². The van der Waals surface area contributed by atoms with Crippen LogP contribution in [0.2, 0.25) is 0 Å². The Kier molecular flexibility index (Phi) is 5.64. The molecule has 18 heavy (non-hydrogen) atoms. The van der Waals surface area contributed by atoms with Crippen molar-refractivity contribution in [3.63, 3.8) is 0 Å². The first-order chi connectivity index (χ1) is 8.60. The number of rotatable bonds is 7. The zero-order chi connectivity index (χ0) is 13.5. The van der Waals surface area contributed by atoms with Gasteiger partial charge in [-0.2, -0.15) is 5.10 Å². The highest BCUT2D eigenvalue weighted by atomic mass is 16.5. The van der Waals surface area contributed by atoms with E-state index >= 15 is 0 Å². The highest BCUT2D eigenvalue weighted by Crippen LogP contribution is 2.15. The predicted octanol–water partition coefficient (Wildman–Crippen LogP) is 1.10. The van der Waals surface area contributed by atoms with Crippen molar-refractivity contribution in [1.29, 1.82) is 0 Å². The van der Waals surface area contributed by atoms with Gasteiger partial charge in [-0.1, -0.05) is 13.3 Å². The molecule has 0 aromatic carbocycles. The number of amides is 1. The second kappa shape index (κ2) is 7.00. The molecule has 1 amide bonds. The van der Waals surface area contributed by atoms with Gasteiger partial charge in [0.2, 0.25) is 0 Å². The van der Waals surface area contributed by atoms with Crippen LogP contribution in [0.3, 0.4) is 0 Å². The average Bonchev–Trinajstić information content (AvgIpc) is 2.69. The zero-order valence-electron chi connectivity index (χ0n) is 11.2. The molecule has 1 aromatic heterocycles. The van der Waals surface area contributed by atoms with E-state index in [0.717, 1.165) is 25.0 Å². The van der Waals surface area contributed by atoms with E-state index in [2.05, 4.69) is 15.5 Å². The number of anilines is 1. The summed E-state index contributed by atoms with van der Waals surface area (Å²) in [5.74, 6) is -0.241. The molecule has 0 aliphatic rings. The summed E-state index contributed by atoms with van der Waals surface area (Å²) in [6.07, 6.45) is 2.51. The molecule has 0 aliphatic carbocycles. The van der Waals surface area contributed by atoms with Crippen molar-refractivity contribution >= 4 is 11.6 Å². The molecule has 1 atom stereocenters. The Labute approximate surface area is 107 Å². The lowest BCUT2D eigenvalue weighted by Crippen LogP contribution is -2.34. The SMILES string of the molecule is CCCc1[nH]nc(C(=O)NC(C)CCOC)c1N. The molecule has 1 rings (SSSR count). The summed E-state index contributed by atoms with van der Waals surface area (Å²) in [4.78, 5) is 11.9. The number of aryl methyl sites for hydroxylation is 1. The van der Waals surface area contributed by atoms with Gasteiger partial charge < -0.3 is 15.8 Å². The smallest absolute Gasteiger partial charge is 0.274 e. The number of H-pyrrole nitrogens is 1. The predicted molar refractivity (Wildman–Crippen MR) is 70.4 cm³/mol. The number of nitrogens with one attached hydrogen (secondary N) is 2. The Morgan fingerprint density at radius 1 is 1.61 bits per heavy atom. The summed E-state index contributed by atoms with van der Waals surface area (Å²) in [5, 5.41) is 9.63. The van der Waals surface area contributed by atoms with Crippen LogP contribution >= 0.6 is 0 Å². The van der Waals surface area contributed by atoms with Crippen LogP contribution in [-0.4, -0.2) is 35.9 Å². The molecular formula is C12H22N4O2. The number of carbonyl (C=O) groups excluding carboxylic acids is 1. The second-order valence-corrected chi connectivity index (χ2v) is 4.37. The first kappa shape index (κ1) is 14.5. The molecule has 1 aromatic rings. The van der Waals surface area contributed by atoms with Crippen LogP contribution in [0.4, 0.5) is 5.69 Å². The highest BCUT2D eigenvalue weighted by molar-refractivity contribution is 5.97. The molecule has 1 unspecified atom stereocenters. The fourth-order valence-corrected chi connectivity index (χ4v) is 1.66. The number of nitrogen functional groups attached to an aromatic ring is 1. The van der Waals surface area contributed by atoms with E-state index in [0.29, 0.717) is 12.3 Å². The summed E-state index contributed by atoms with van der Waals surface area (Å²) in [6.45, 7) is 4.58. The number of ether oxygens (including phenoxy) is 1. The Bertz CT molecular complexity index is 389. The normalized spacial score (nSPS) is 12.4. The Morgan fingerprint density at radius 3 is 2.94 bits per heavy atom. The third kappa shape index (κ3) is 3.73. The molecule has 4 N–H and O–H groups in total. The van der Waals surface area contributed by atoms with Gasteiger partial charge in [-0.05, 0) is 19.8 Å². The number of nitrogens with zero attached hydrogens (tertiary/aromatic N) is 1. The number of hydrogen-bond acceptors (Lipinski definition) is 4. The molecule has 102 valence electrons. The summed E-state index contributed by atoms with van der Waals surface area (Å²) >= 11 is 0. The van der Waals surface area contributed by atoms with E-state index in [1.807, 2.05) is 13.8 Å². The van der Waals surface area contributed by atoms with Gasteiger partial charge in [-0.3, -0.25) is 9.89 Å². The summed E-state index contributed by atoms with van der Waals surface area (Å²) < 4.78 is 4.96. The topological polar surface area (TPSA) is 93.0 Å². The van der Waals surface area contributed by atoms with Gasteiger partial charge in [0.15, 0.2) is 5.69 Å². The minimum atomic E-state index is -0.241. The number of aromatic nitrogens is 2. The molecule has 0 radical (unpaired) electrons. The zero-order valence-corrected chi connectivity index (χ0v) is 11.2. The van der Waals surface area contributed by atoms with E-state index < -0.39 is 0 Å². The fraction of sp³-hybridized carbons (Fsp3) is 0.667. The van der Waals surface area contributed by atoms with Crippen LogP contribution in [-0.2, 0) is 11.2 Å². The van der Waals surface area contributed by atoms with Crippen LogP contribution in [0.1, 0.15) is 42.9 Å². The lowest BCUT2D eigenvalue weighted by Gasteiger charge is -2.12. The third-order valence-electron chi connectivity index (χ3n) is 2.73. The van der Waals surface area contributed by atoms with Crippen molar-refractivity contribution in [2.75, 3.05) is 19.5 Å². The summed E-state index contributed by atoms with van der Waals surface area (Å²) in [5.41, 5.74) is 7.45. The van der Waals surface area contributed by atoms with Gasteiger partial charge in [0.25, 0.3) is 5.91 Å². The minimum Gasteiger partial charge on any atom is -0.395 e. The molecule has 1 heterocycles. The lowest BCUT2D eigenvalue weighted by atomic mass is 10.2. The first-order valence-electron chi connectivity index (χ1n) is 6.22. The van der Waals surface area contributed by atoms with Crippen LogP contribution in [0.5, 0.6) is 0 Å². The molecule has 6 heteroatoms. The monoisotopic (exact) mass is 254 g/mol. The van der Waals surface area contributed by atoms with E-state index in [-0.39, 0.29) is 17.6 Å². The number of nitrogens with two attached hydrogens (primary N) is 1. The summed E-state index contributed by atoms with van der Waals surface area (Å²) in [6, 6.07) is 0.0307. The largest absolute Gasteiger partial charge is 0.395 e. The maximum Gasteiger partial charge on any atom is 0.274 e. The maximum atomic E-state index is 11.9. The van der Waals surface area contributed by atoms with Crippen molar-refractivity contribution < 1.29 is 9.53 Å². The van der Waals surface area contributed by atoms with Crippen LogP contribution < -0.4 is 11.1 Å². The van der Waals surface area contributed by atoms with Gasteiger partial charge in [-0.25, -0.2) is 0 Å². The molecule has 0 bridgehead atoms. The molecule has 0 aliphatic heterocycles. The average molecular weight is 254 g/mol. The first-order valence-corrected chi connectivity index (χ1v) is 6.22. The quantitative estimate of drug-likeness (QED) is 0.679. The number of methoxy groups -OCH3 is 1. The van der Waals surface area contributed by atoms with E-state index in [1.54, 1.807) is 7.11 Å². The van der Waals surface area contributed by atoms with Crippen LogP contribution in [0.15, 0.2) is 0 Å². The Hall–Kier alpha value is -1.56. The minimum absolute atomic E-state index is 0.0307. The van der Waals surface area contributed by atoms with E-state index in [9.17, 15) is 4.79 Å². The van der Waals surface area contributed by atoms with Gasteiger partial charge in [0, 0.05) is 19.8 Å². The fourth-order valence-electron chi connectivity index (χ4n) is 1.66. The van der Waals surface area contributed by atoms with Gasteiger partial charge >= 0.3 is 0 Å². The van der Waals surface area contributed by atoms with Crippen molar-refractivity contribution in [2.45, 2.75) is 39.2 Å². The molecule has 0 saturated carbocycles. The number of carbonyl (C=O) groups is 1. The van der Waals surface area contributed by atoms with Crippen molar-refractivity contribution in [2.24, 2.45) is 0 Å². The molecule has 0 fully saturated rings. The van der Waals surface area contributed by atoms with Gasteiger partial charge in [0.1, 0.15) is 0 Å². The number of aromatic amines is 1. The molecule has 0 saturated heterocycles. The summed E-state index contributed by atoms with van der Waals surface area (Å²) in [7, 11) is 1.64. The van der Waals surface area contributed by atoms with Gasteiger partial charge in [0.05, 0.1) is 11.4 Å². The van der Waals surface area contributed by atoms with E-state index in [4.69, 9.17) is 10.5 Å². The standard InChI is InChI=1S/C12H22N4O2/c1-4-5-9-10(13)11(16-15-9)12(17)14-8(2)6-7-18-3/h8H,4-7,13H2,1-3H3,(H,14,17)(H,15,16). The Morgan fingerprint density at radius 2 is 2.33 bits per heavy atom. The van der Waals surface area contributed by atoms with Crippen molar-refractivity contribution in [3.05, 3.63) is 11.4 Å². The lowest BCUT2D eigenvalue weighted by molar-refractivity contribution is 0.0925. The maximum absolute atomic E-state index is 11.9.